The highest BCUT2D eigenvalue weighted by atomic mass is 35.5. The monoisotopic (exact) mass is 448 g/mol. The minimum absolute atomic E-state index is 0.0306. The van der Waals surface area contributed by atoms with Gasteiger partial charge in [-0.05, 0) is 30.3 Å². The predicted molar refractivity (Wildman–Crippen MR) is 110 cm³/mol. The number of rotatable bonds is 8. The van der Waals surface area contributed by atoms with E-state index in [4.69, 9.17) is 16.3 Å². The van der Waals surface area contributed by atoms with Crippen LogP contribution in [0.4, 0.5) is 15.8 Å². The lowest BCUT2D eigenvalue weighted by atomic mass is 10.0. The van der Waals surface area contributed by atoms with E-state index in [1.54, 1.807) is 0 Å². The van der Waals surface area contributed by atoms with Crippen LogP contribution in [0.3, 0.4) is 0 Å². The third-order valence-electron chi connectivity index (χ3n) is 4.86. The van der Waals surface area contributed by atoms with Crippen molar-refractivity contribution >= 4 is 40.6 Å². The van der Waals surface area contributed by atoms with Gasteiger partial charge in [0.15, 0.2) is 6.10 Å². The number of amides is 1. The number of ketones is 1. The number of hydrogen-bond donors (Lipinski definition) is 0. The molecule has 1 aliphatic rings. The molecule has 0 spiro atoms. The molecule has 1 saturated heterocycles. The number of alkyl halides is 1. The molecular weight excluding hydrogens is 431 g/mol. The molecule has 1 fully saturated rings. The van der Waals surface area contributed by atoms with Gasteiger partial charge < -0.3 is 9.64 Å². The molecule has 0 saturated carbocycles. The predicted octanol–water partition coefficient (Wildman–Crippen LogP) is 3.51. The Morgan fingerprint density at radius 3 is 2.61 bits per heavy atom. The summed E-state index contributed by atoms with van der Waals surface area (Å²) in [6, 6.07) is 10.4. The number of carbonyl (C=O) groups is 3. The lowest BCUT2D eigenvalue weighted by Gasteiger charge is -2.19. The fourth-order valence-corrected chi connectivity index (χ4v) is 3.47. The average Bonchev–Trinajstić information content (AvgIpc) is 3.15. The van der Waals surface area contributed by atoms with Crippen molar-refractivity contribution in [3.8, 4) is 0 Å². The lowest BCUT2D eigenvalue weighted by Crippen LogP contribution is -2.32. The van der Waals surface area contributed by atoms with Crippen molar-refractivity contribution in [3.05, 3.63) is 70.0 Å². The number of benzene rings is 2. The summed E-state index contributed by atoms with van der Waals surface area (Å²) in [6.45, 7) is -0.0306. The van der Waals surface area contributed by atoms with Gasteiger partial charge in [0, 0.05) is 43.0 Å². The SMILES string of the molecule is O=C(O[C@H](CCCl)C(=O)c1ccc(F)cc1)[C@H]1CC(=O)N(c2cccc([N+](=O)[O-])c2)C1. The highest BCUT2D eigenvalue weighted by Crippen LogP contribution is 2.29. The third-order valence-corrected chi connectivity index (χ3v) is 5.08. The van der Waals surface area contributed by atoms with Crippen LogP contribution in [0.15, 0.2) is 48.5 Å². The minimum Gasteiger partial charge on any atom is -0.454 e. The molecule has 162 valence electrons. The molecule has 3 rings (SSSR count). The second kappa shape index (κ2) is 9.65. The van der Waals surface area contributed by atoms with E-state index in [1.807, 2.05) is 0 Å². The number of halogens is 2. The highest BCUT2D eigenvalue weighted by Gasteiger charge is 2.38. The summed E-state index contributed by atoms with van der Waals surface area (Å²) < 4.78 is 18.5. The van der Waals surface area contributed by atoms with Gasteiger partial charge >= 0.3 is 5.97 Å². The van der Waals surface area contributed by atoms with Crippen LogP contribution >= 0.6 is 11.6 Å². The van der Waals surface area contributed by atoms with Crippen LogP contribution in [0, 0.1) is 21.8 Å². The Kier molecular flexibility index (Phi) is 6.96. The lowest BCUT2D eigenvalue weighted by molar-refractivity contribution is -0.384. The molecule has 10 heteroatoms. The zero-order valence-electron chi connectivity index (χ0n) is 16.2. The first-order valence-corrected chi connectivity index (χ1v) is 9.94. The van der Waals surface area contributed by atoms with Gasteiger partial charge in [-0.1, -0.05) is 6.07 Å². The summed E-state index contributed by atoms with van der Waals surface area (Å²) >= 11 is 5.74. The van der Waals surface area contributed by atoms with Crippen molar-refractivity contribution in [2.75, 3.05) is 17.3 Å². The fourth-order valence-electron chi connectivity index (χ4n) is 3.27. The molecule has 0 N–H and O–H groups in total. The van der Waals surface area contributed by atoms with Gasteiger partial charge in [-0.15, -0.1) is 11.6 Å². The maximum atomic E-state index is 13.1. The molecule has 0 aromatic heterocycles. The molecule has 1 heterocycles. The number of carbonyl (C=O) groups excluding carboxylic acids is 3. The molecule has 0 bridgehead atoms. The molecule has 0 unspecified atom stereocenters. The average molecular weight is 449 g/mol. The molecule has 1 aliphatic heterocycles. The van der Waals surface area contributed by atoms with E-state index >= 15 is 0 Å². The Bertz CT molecular complexity index is 1010. The quantitative estimate of drug-likeness (QED) is 0.201. The van der Waals surface area contributed by atoms with Gasteiger partial charge in [0.25, 0.3) is 5.69 Å². The van der Waals surface area contributed by atoms with Crippen LogP contribution in [-0.2, 0) is 14.3 Å². The van der Waals surface area contributed by atoms with Gasteiger partial charge in [-0.2, -0.15) is 0 Å². The molecule has 2 aromatic rings. The standard InChI is InChI=1S/C21H18ClFN2O6/c22-9-8-18(20(27)13-4-6-15(23)7-5-13)31-21(28)14-10-19(26)24(12-14)16-2-1-3-17(11-16)25(29)30/h1-7,11,14,18H,8-10,12H2/t14-,18+/m0/s1. The van der Waals surface area contributed by atoms with Crippen LogP contribution < -0.4 is 4.90 Å². The Morgan fingerprint density at radius 2 is 1.97 bits per heavy atom. The Morgan fingerprint density at radius 1 is 1.26 bits per heavy atom. The van der Waals surface area contributed by atoms with Crippen LogP contribution in [0.2, 0.25) is 0 Å². The van der Waals surface area contributed by atoms with E-state index in [1.165, 1.54) is 41.3 Å². The van der Waals surface area contributed by atoms with Crippen molar-refractivity contribution < 1.29 is 28.4 Å². The van der Waals surface area contributed by atoms with E-state index in [-0.39, 0.29) is 42.4 Å². The van der Waals surface area contributed by atoms with Gasteiger partial charge in [0.1, 0.15) is 5.82 Å². The van der Waals surface area contributed by atoms with Crippen molar-refractivity contribution in [1.82, 2.24) is 0 Å². The van der Waals surface area contributed by atoms with Crippen LogP contribution in [0.1, 0.15) is 23.2 Å². The van der Waals surface area contributed by atoms with Crippen LogP contribution in [0.5, 0.6) is 0 Å². The molecule has 8 nitrogen and oxygen atoms in total. The Hall–Kier alpha value is -3.33. The number of nitrogens with zero attached hydrogens (tertiary/aromatic N) is 2. The van der Waals surface area contributed by atoms with Crippen LogP contribution in [-0.4, -0.2) is 41.1 Å². The molecule has 31 heavy (non-hydrogen) atoms. The fraction of sp³-hybridized carbons (Fsp3) is 0.286. The zero-order valence-corrected chi connectivity index (χ0v) is 17.0. The number of non-ortho nitro benzene ring substituents is 1. The molecule has 2 atom stereocenters. The summed E-state index contributed by atoms with van der Waals surface area (Å²) in [5.41, 5.74) is 0.294. The van der Waals surface area contributed by atoms with Crippen molar-refractivity contribution in [2.45, 2.75) is 18.9 Å². The number of esters is 1. The topological polar surface area (TPSA) is 107 Å². The number of nitro benzene ring substituents is 1. The van der Waals surface area contributed by atoms with Crippen molar-refractivity contribution in [2.24, 2.45) is 5.92 Å². The smallest absolute Gasteiger partial charge is 0.312 e. The largest absolute Gasteiger partial charge is 0.454 e. The van der Waals surface area contributed by atoms with Gasteiger partial charge in [0.05, 0.1) is 16.5 Å². The summed E-state index contributed by atoms with van der Waals surface area (Å²) in [6.07, 6.45) is -1.27. The maximum absolute atomic E-state index is 13.1. The minimum atomic E-state index is -1.17. The molecule has 1 amide bonds. The highest BCUT2D eigenvalue weighted by molar-refractivity contribution is 6.18. The molecule has 0 radical (unpaired) electrons. The van der Waals surface area contributed by atoms with E-state index in [0.717, 1.165) is 12.1 Å². The molecule has 2 aromatic carbocycles. The van der Waals surface area contributed by atoms with E-state index in [2.05, 4.69) is 0 Å². The third kappa shape index (κ3) is 5.24. The maximum Gasteiger partial charge on any atom is 0.312 e. The zero-order chi connectivity index (χ0) is 22.5. The van der Waals surface area contributed by atoms with Crippen LogP contribution in [0.25, 0.3) is 0 Å². The first-order valence-electron chi connectivity index (χ1n) is 9.41. The first-order chi connectivity index (χ1) is 14.8. The number of Topliss-reactive ketones (excluding diaryl/α,β-unsaturated/α-hetero) is 1. The summed E-state index contributed by atoms with van der Waals surface area (Å²) in [4.78, 5) is 49.4. The Labute approximate surface area is 181 Å². The number of anilines is 1. The number of ether oxygens (including phenoxy) is 1. The van der Waals surface area contributed by atoms with E-state index < -0.39 is 34.5 Å². The summed E-state index contributed by atoms with van der Waals surface area (Å²) in [5.74, 6) is -2.95. The summed E-state index contributed by atoms with van der Waals surface area (Å²) in [5, 5.41) is 11.0. The number of nitro groups is 1. The molecule has 0 aliphatic carbocycles. The van der Waals surface area contributed by atoms with Gasteiger partial charge in [-0.25, -0.2) is 4.39 Å². The number of hydrogen-bond acceptors (Lipinski definition) is 6. The van der Waals surface area contributed by atoms with Gasteiger partial charge in [-0.3, -0.25) is 24.5 Å². The van der Waals surface area contributed by atoms with Crippen molar-refractivity contribution in [3.63, 3.8) is 0 Å². The molecular formula is C21H18ClFN2O6. The second-order valence-corrected chi connectivity index (χ2v) is 7.33. The first kappa shape index (κ1) is 22.4. The second-order valence-electron chi connectivity index (χ2n) is 6.96. The summed E-state index contributed by atoms with van der Waals surface area (Å²) in [7, 11) is 0. The Balaban J connectivity index is 1.71. The van der Waals surface area contributed by atoms with Crippen molar-refractivity contribution in [1.29, 1.82) is 0 Å². The normalized spacial score (nSPS) is 16.8. The van der Waals surface area contributed by atoms with E-state index in [9.17, 15) is 28.9 Å². The van der Waals surface area contributed by atoms with E-state index in [0.29, 0.717) is 5.69 Å². The van der Waals surface area contributed by atoms with Gasteiger partial charge in [0.2, 0.25) is 11.7 Å².